The topological polar surface area (TPSA) is 152 Å². The van der Waals surface area contributed by atoms with Crippen LogP contribution in [-0.2, 0) is 25.5 Å². The summed E-state index contributed by atoms with van der Waals surface area (Å²) in [6.07, 6.45) is 2.82. The predicted molar refractivity (Wildman–Crippen MR) is 183 cm³/mol. The third-order valence-corrected chi connectivity index (χ3v) is 8.40. The molecule has 3 amide bonds. The van der Waals surface area contributed by atoms with Crippen LogP contribution in [0.2, 0.25) is 0 Å². The van der Waals surface area contributed by atoms with E-state index in [0.29, 0.717) is 59.5 Å². The summed E-state index contributed by atoms with van der Waals surface area (Å²) in [6.45, 7) is 5.98. The van der Waals surface area contributed by atoms with E-state index in [1.165, 1.54) is 7.11 Å². The van der Waals surface area contributed by atoms with Crippen LogP contribution >= 0.6 is 0 Å². The van der Waals surface area contributed by atoms with Crippen molar-refractivity contribution in [3.8, 4) is 11.4 Å². The fraction of sp³-hybridized carbons (Fsp3) is 0.378. The first-order valence-corrected chi connectivity index (χ1v) is 16.3. The largest absolute Gasteiger partial charge is 0.465 e. The van der Waals surface area contributed by atoms with E-state index in [9.17, 15) is 19.2 Å². The molecule has 1 atom stereocenters. The Hall–Kier alpha value is -5.19. The van der Waals surface area contributed by atoms with Crippen LogP contribution in [-0.4, -0.2) is 59.1 Å². The third-order valence-electron chi connectivity index (χ3n) is 8.40. The van der Waals surface area contributed by atoms with Crippen LogP contribution in [0.4, 0.5) is 10.5 Å². The molecule has 48 heavy (non-hydrogen) atoms. The van der Waals surface area contributed by atoms with Gasteiger partial charge in [-0.25, -0.2) is 14.6 Å². The molecule has 0 bridgehead atoms. The lowest BCUT2D eigenvalue weighted by Crippen LogP contribution is -2.48. The summed E-state index contributed by atoms with van der Waals surface area (Å²) >= 11 is 0. The zero-order valence-corrected chi connectivity index (χ0v) is 27.8. The molecular formula is C37H43N5O6. The summed E-state index contributed by atoms with van der Waals surface area (Å²) < 4.78 is 10.3. The van der Waals surface area contributed by atoms with Gasteiger partial charge in [-0.05, 0) is 82.2 Å². The Morgan fingerprint density at radius 3 is 2.35 bits per heavy atom. The minimum Gasteiger partial charge on any atom is -0.465 e. The van der Waals surface area contributed by atoms with Crippen LogP contribution in [0.1, 0.15) is 62.4 Å². The van der Waals surface area contributed by atoms with Gasteiger partial charge in [-0.15, -0.1) is 0 Å². The number of imidazole rings is 1. The van der Waals surface area contributed by atoms with Gasteiger partial charge in [0.1, 0.15) is 17.5 Å². The number of benzene rings is 3. The number of ether oxygens (including phenoxy) is 2. The van der Waals surface area contributed by atoms with Crippen molar-refractivity contribution < 1.29 is 28.7 Å². The molecule has 0 spiro atoms. The third kappa shape index (κ3) is 8.99. The van der Waals surface area contributed by atoms with E-state index in [1.54, 1.807) is 36.4 Å². The van der Waals surface area contributed by atoms with Gasteiger partial charge in [0.25, 0.3) is 0 Å². The Balaban J connectivity index is 1.24. The Bertz CT molecular complexity index is 1750. The number of H-pyrrole nitrogens is 1. The summed E-state index contributed by atoms with van der Waals surface area (Å²) in [6, 6.07) is 21.1. The Morgan fingerprint density at radius 2 is 1.65 bits per heavy atom. The van der Waals surface area contributed by atoms with Gasteiger partial charge in [-0.1, -0.05) is 48.5 Å². The van der Waals surface area contributed by atoms with Crippen molar-refractivity contribution in [1.82, 2.24) is 20.6 Å². The number of nitrogens with one attached hydrogen (secondary N) is 4. The molecule has 11 heteroatoms. The molecule has 1 aliphatic carbocycles. The number of aromatic nitrogens is 2. The summed E-state index contributed by atoms with van der Waals surface area (Å²) in [7, 11) is 1.33. The number of hydrogen-bond acceptors (Lipinski definition) is 7. The van der Waals surface area contributed by atoms with Crippen molar-refractivity contribution in [1.29, 1.82) is 0 Å². The lowest BCUT2D eigenvalue weighted by molar-refractivity contribution is -0.130. The molecule has 1 heterocycles. The average Bonchev–Trinajstić information content (AvgIpc) is 3.50. The number of carbonyl (C=O) groups excluding carboxylic acids is 4. The quantitative estimate of drug-likeness (QED) is 0.153. The van der Waals surface area contributed by atoms with E-state index in [0.717, 1.165) is 18.4 Å². The maximum absolute atomic E-state index is 13.7. The first kappa shape index (κ1) is 34.2. The summed E-state index contributed by atoms with van der Waals surface area (Å²) in [5.74, 6) is -0.411. The Morgan fingerprint density at radius 1 is 0.938 bits per heavy atom. The van der Waals surface area contributed by atoms with E-state index < -0.39 is 23.7 Å². The van der Waals surface area contributed by atoms with Gasteiger partial charge in [0.05, 0.1) is 23.7 Å². The highest BCUT2D eigenvalue weighted by atomic mass is 16.6. The molecular weight excluding hydrogens is 610 g/mol. The maximum Gasteiger partial charge on any atom is 0.407 e. The normalized spacial score (nSPS) is 16.8. The Kier molecular flexibility index (Phi) is 10.8. The highest BCUT2D eigenvalue weighted by molar-refractivity contribution is 6.00. The van der Waals surface area contributed by atoms with E-state index >= 15 is 0 Å². The average molecular weight is 654 g/mol. The highest BCUT2D eigenvalue weighted by Gasteiger charge is 2.30. The molecule has 0 aliphatic heterocycles. The molecule has 0 radical (unpaired) electrons. The first-order chi connectivity index (χ1) is 23.0. The second-order valence-corrected chi connectivity index (χ2v) is 13.2. The molecule has 252 valence electrons. The van der Waals surface area contributed by atoms with Crippen molar-refractivity contribution in [3.63, 3.8) is 0 Å². The molecule has 11 nitrogen and oxygen atoms in total. The number of alkyl carbamates (subject to hydrolysis) is 1. The molecule has 1 saturated carbocycles. The van der Waals surface area contributed by atoms with Gasteiger partial charge in [0.2, 0.25) is 11.8 Å². The summed E-state index contributed by atoms with van der Waals surface area (Å²) in [4.78, 5) is 59.4. The number of hydrogen-bond donors (Lipinski definition) is 4. The second-order valence-electron chi connectivity index (χ2n) is 13.2. The number of esters is 1. The molecule has 0 saturated heterocycles. The van der Waals surface area contributed by atoms with E-state index in [4.69, 9.17) is 9.47 Å². The number of aromatic amines is 1. The first-order valence-electron chi connectivity index (χ1n) is 16.3. The molecule has 5 rings (SSSR count). The molecule has 4 N–H and O–H groups in total. The number of nitrogens with zero attached hydrogens (tertiary/aromatic N) is 1. The lowest BCUT2D eigenvalue weighted by atomic mass is 9.81. The number of amides is 3. The van der Waals surface area contributed by atoms with Gasteiger partial charge in [0, 0.05) is 30.1 Å². The van der Waals surface area contributed by atoms with E-state index in [1.807, 2.05) is 57.2 Å². The van der Waals surface area contributed by atoms with Crippen LogP contribution in [0.25, 0.3) is 22.4 Å². The van der Waals surface area contributed by atoms with E-state index in [-0.39, 0.29) is 23.7 Å². The van der Waals surface area contributed by atoms with Crippen LogP contribution < -0.4 is 16.0 Å². The van der Waals surface area contributed by atoms with Crippen molar-refractivity contribution in [3.05, 3.63) is 83.9 Å². The maximum atomic E-state index is 13.7. The van der Waals surface area contributed by atoms with Crippen molar-refractivity contribution in [2.24, 2.45) is 11.8 Å². The number of fused-ring (bicyclic) bond motifs is 1. The highest BCUT2D eigenvalue weighted by Crippen LogP contribution is 2.29. The predicted octanol–water partition coefficient (Wildman–Crippen LogP) is 6.01. The van der Waals surface area contributed by atoms with Crippen molar-refractivity contribution >= 4 is 40.6 Å². The Labute approximate surface area is 280 Å². The van der Waals surface area contributed by atoms with Crippen LogP contribution in [0, 0.1) is 11.8 Å². The van der Waals surface area contributed by atoms with Gasteiger partial charge in [-0.3, -0.25) is 9.59 Å². The molecule has 1 fully saturated rings. The molecule has 0 unspecified atom stereocenters. The molecule has 4 aromatic rings. The summed E-state index contributed by atoms with van der Waals surface area (Å²) in [5.41, 5.74) is 3.22. The lowest BCUT2D eigenvalue weighted by Gasteiger charge is -2.29. The van der Waals surface area contributed by atoms with Crippen LogP contribution in [0.15, 0.2) is 72.8 Å². The SMILES string of the molecule is COC(=O)c1ccccc1-c1nc2ccc(NC(=O)[C@H](Cc3ccccc3)NC(=O)C3CCC(CNC(=O)OC(C)(C)C)CC3)cc2[nH]1. The smallest absolute Gasteiger partial charge is 0.407 e. The van der Waals surface area contributed by atoms with Crippen LogP contribution in [0.5, 0.6) is 0 Å². The minimum atomic E-state index is -0.800. The van der Waals surface area contributed by atoms with Gasteiger partial charge in [0.15, 0.2) is 0 Å². The number of anilines is 1. The summed E-state index contributed by atoms with van der Waals surface area (Å²) in [5, 5.41) is 8.84. The fourth-order valence-corrected chi connectivity index (χ4v) is 5.94. The zero-order chi connectivity index (χ0) is 34.3. The van der Waals surface area contributed by atoms with Crippen molar-refractivity contribution in [2.45, 2.75) is 64.5 Å². The fourth-order valence-electron chi connectivity index (χ4n) is 5.94. The second kappa shape index (κ2) is 15.1. The van der Waals surface area contributed by atoms with Gasteiger partial charge in [-0.2, -0.15) is 0 Å². The van der Waals surface area contributed by atoms with Crippen LogP contribution in [0.3, 0.4) is 0 Å². The van der Waals surface area contributed by atoms with Crippen molar-refractivity contribution in [2.75, 3.05) is 19.0 Å². The zero-order valence-electron chi connectivity index (χ0n) is 27.8. The van der Waals surface area contributed by atoms with Gasteiger partial charge < -0.3 is 30.4 Å². The standard InChI is InChI=1S/C37H43N5O6/c1-37(2,3)48-36(46)38-22-24-14-16-25(17-15-24)33(43)42-31(20-23-10-6-5-7-11-23)34(44)39-26-18-19-29-30(21-26)41-32(40-29)27-12-8-9-13-28(27)35(45)47-4/h5-13,18-19,21,24-25,31H,14-17,20,22H2,1-4H3,(H,38,46)(H,39,44)(H,40,41)(H,42,43)/t24?,25?,31-/m0/s1. The monoisotopic (exact) mass is 653 g/mol. The number of rotatable bonds is 10. The minimum absolute atomic E-state index is 0.150. The molecule has 1 aromatic heterocycles. The number of methoxy groups -OCH3 is 1. The van der Waals surface area contributed by atoms with Gasteiger partial charge >= 0.3 is 12.1 Å². The van der Waals surface area contributed by atoms with E-state index in [2.05, 4.69) is 25.9 Å². The molecule has 1 aliphatic rings. The molecule has 3 aromatic carbocycles. The number of carbonyl (C=O) groups is 4.